The molecule has 6 nitrogen and oxygen atoms in total. The number of pyridine rings is 1. The summed E-state index contributed by atoms with van der Waals surface area (Å²) in [6, 6.07) is 10.5. The Hall–Kier alpha value is -2.73. The molecule has 2 heterocycles. The zero-order valence-corrected chi connectivity index (χ0v) is 12.0. The van der Waals surface area contributed by atoms with Crippen LogP contribution in [0.15, 0.2) is 53.6 Å². The van der Waals surface area contributed by atoms with Gasteiger partial charge in [0.1, 0.15) is 5.75 Å². The van der Waals surface area contributed by atoms with Crippen LogP contribution in [0.3, 0.4) is 0 Å². The lowest BCUT2D eigenvalue weighted by Gasteiger charge is -2.13. The topological polar surface area (TPSA) is 77.2 Å². The SMILES string of the molecule is COc1cccc([C@H](O)Cn2ncc3ncccc3c2=O)c1. The van der Waals surface area contributed by atoms with Gasteiger partial charge in [-0.2, -0.15) is 5.10 Å². The predicted octanol–water partition coefficient (Wildman–Crippen LogP) is 1.53. The number of rotatable bonds is 4. The fraction of sp³-hybridized carbons (Fsp3) is 0.188. The van der Waals surface area contributed by atoms with E-state index in [9.17, 15) is 9.90 Å². The molecule has 0 fully saturated rings. The van der Waals surface area contributed by atoms with E-state index in [0.29, 0.717) is 22.2 Å². The highest BCUT2D eigenvalue weighted by Gasteiger charge is 2.12. The number of aliphatic hydroxyl groups is 1. The third-order valence-corrected chi connectivity index (χ3v) is 3.45. The van der Waals surface area contributed by atoms with Crippen LogP contribution in [0.4, 0.5) is 0 Å². The lowest BCUT2D eigenvalue weighted by atomic mass is 10.1. The van der Waals surface area contributed by atoms with Crippen LogP contribution in [-0.4, -0.2) is 27.0 Å². The van der Waals surface area contributed by atoms with Gasteiger partial charge in [-0.05, 0) is 29.8 Å². The Morgan fingerprint density at radius 2 is 2.18 bits per heavy atom. The Bertz CT molecular complexity index is 860. The number of benzene rings is 1. The molecule has 1 N–H and O–H groups in total. The molecule has 1 atom stereocenters. The highest BCUT2D eigenvalue weighted by Crippen LogP contribution is 2.20. The molecule has 2 aromatic heterocycles. The number of hydrogen-bond acceptors (Lipinski definition) is 5. The Labute approximate surface area is 126 Å². The summed E-state index contributed by atoms with van der Waals surface area (Å²) < 4.78 is 6.38. The minimum absolute atomic E-state index is 0.0663. The maximum Gasteiger partial charge on any atom is 0.276 e. The van der Waals surface area contributed by atoms with Crippen molar-refractivity contribution < 1.29 is 9.84 Å². The smallest absolute Gasteiger partial charge is 0.276 e. The Kier molecular flexibility index (Phi) is 3.84. The molecule has 1 aromatic carbocycles. The van der Waals surface area contributed by atoms with E-state index in [1.807, 2.05) is 0 Å². The Balaban J connectivity index is 1.92. The molecule has 0 bridgehead atoms. The van der Waals surface area contributed by atoms with Crippen molar-refractivity contribution in [3.63, 3.8) is 0 Å². The molecule has 0 aliphatic heterocycles. The summed E-state index contributed by atoms with van der Waals surface area (Å²) in [4.78, 5) is 16.4. The zero-order valence-electron chi connectivity index (χ0n) is 12.0. The second-order valence-corrected chi connectivity index (χ2v) is 4.86. The van der Waals surface area contributed by atoms with Crippen LogP contribution in [-0.2, 0) is 6.54 Å². The Morgan fingerprint density at radius 3 is 3.00 bits per heavy atom. The molecule has 0 saturated carbocycles. The highest BCUT2D eigenvalue weighted by atomic mass is 16.5. The van der Waals surface area contributed by atoms with Crippen LogP contribution in [0.5, 0.6) is 5.75 Å². The van der Waals surface area contributed by atoms with Gasteiger partial charge >= 0.3 is 0 Å². The number of fused-ring (bicyclic) bond motifs is 1. The normalized spacial score (nSPS) is 12.3. The van der Waals surface area contributed by atoms with Gasteiger partial charge in [0, 0.05) is 6.20 Å². The van der Waals surface area contributed by atoms with Crippen LogP contribution in [0, 0.1) is 0 Å². The van der Waals surface area contributed by atoms with Crippen molar-refractivity contribution in [3.8, 4) is 5.75 Å². The van der Waals surface area contributed by atoms with Crippen molar-refractivity contribution in [2.45, 2.75) is 12.6 Å². The molecule has 0 spiro atoms. The van der Waals surface area contributed by atoms with Gasteiger partial charge in [-0.15, -0.1) is 0 Å². The van der Waals surface area contributed by atoms with Gasteiger partial charge in [-0.25, -0.2) is 4.68 Å². The predicted molar refractivity (Wildman–Crippen MR) is 81.8 cm³/mol. The molecule has 0 radical (unpaired) electrons. The standard InChI is InChI=1S/C16H15N3O3/c1-22-12-5-2-4-11(8-12)15(20)10-19-16(21)13-6-3-7-17-14(13)9-18-19/h2-9,15,20H,10H2,1H3/t15-/m1/s1. The first-order valence-electron chi connectivity index (χ1n) is 6.82. The monoisotopic (exact) mass is 297 g/mol. The van der Waals surface area contributed by atoms with Gasteiger partial charge < -0.3 is 9.84 Å². The van der Waals surface area contributed by atoms with Crippen LogP contribution in [0.1, 0.15) is 11.7 Å². The van der Waals surface area contributed by atoms with Crippen molar-refractivity contribution in [2.75, 3.05) is 7.11 Å². The molecule has 0 aliphatic rings. The first-order chi connectivity index (χ1) is 10.7. The third-order valence-electron chi connectivity index (χ3n) is 3.45. The molecule has 0 unspecified atom stereocenters. The van der Waals surface area contributed by atoms with Gasteiger partial charge in [0.25, 0.3) is 5.56 Å². The summed E-state index contributed by atoms with van der Waals surface area (Å²) in [5.74, 6) is 0.652. The lowest BCUT2D eigenvalue weighted by Crippen LogP contribution is -2.25. The van der Waals surface area contributed by atoms with E-state index >= 15 is 0 Å². The summed E-state index contributed by atoms with van der Waals surface area (Å²) in [6.45, 7) is 0.0663. The average molecular weight is 297 g/mol. The maximum atomic E-state index is 12.3. The number of aliphatic hydroxyl groups excluding tert-OH is 1. The average Bonchev–Trinajstić information content (AvgIpc) is 2.57. The molecular formula is C16H15N3O3. The van der Waals surface area contributed by atoms with E-state index in [2.05, 4.69) is 10.1 Å². The lowest BCUT2D eigenvalue weighted by molar-refractivity contribution is 0.149. The second kappa shape index (κ2) is 5.95. The minimum atomic E-state index is -0.852. The van der Waals surface area contributed by atoms with Crippen molar-refractivity contribution in [3.05, 3.63) is 64.7 Å². The van der Waals surface area contributed by atoms with E-state index in [1.54, 1.807) is 49.7 Å². The molecule has 112 valence electrons. The molecule has 3 rings (SSSR count). The number of methoxy groups -OCH3 is 1. The molecule has 22 heavy (non-hydrogen) atoms. The van der Waals surface area contributed by atoms with Crippen molar-refractivity contribution in [2.24, 2.45) is 0 Å². The quantitative estimate of drug-likeness (QED) is 0.790. The fourth-order valence-electron chi connectivity index (χ4n) is 2.27. The van der Waals surface area contributed by atoms with E-state index in [-0.39, 0.29) is 12.1 Å². The second-order valence-electron chi connectivity index (χ2n) is 4.86. The Morgan fingerprint density at radius 1 is 1.32 bits per heavy atom. The van der Waals surface area contributed by atoms with E-state index in [0.717, 1.165) is 0 Å². The molecule has 6 heteroatoms. The van der Waals surface area contributed by atoms with Gasteiger partial charge in [0.2, 0.25) is 0 Å². The minimum Gasteiger partial charge on any atom is -0.497 e. The van der Waals surface area contributed by atoms with E-state index < -0.39 is 6.10 Å². The van der Waals surface area contributed by atoms with Crippen molar-refractivity contribution >= 4 is 10.9 Å². The number of aromatic nitrogens is 3. The van der Waals surface area contributed by atoms with Crippen LogP contribution >= 0.6 is 0 Å². The summed E-state index contributed by atoms with van der Waals surface area (Å²) in [7, 11) is 1.56. The van der Waals surface area contributed by atoms with Gasteiger partial charge in [0.15, 0.2) is 0 Å². The molecule has 3 aromatic rings. The largest absolute Gasteiger partial charge is 0.497 e. The van der Waals surface area contributed by atoms with Crippen LogP contribution < -0.4 is 10.3 Å². The number of ether oxygens (including phenoxy) is 1. The summed E-state index contributed by atoms with van der Waals surface area (Å²) >= 11 is 0. The summed E-state index contributed by atoms with van der Waals surface area (Å²) in [6.07, 6.45) is 2.28. The molecule has 0 aliphatic carbocycles. The van der Waals surface area contributed by atoms with Gasteiger partial charge in [0.05, 0.1) is 36.9 Å². The van der Waals surface area contributed by atoms with Gasteiger partial charge in [-0.3, -0.25) is 9.78 Å². The maximum absolute atomic E-state index is 12.3. The van der Waals surface area contributed by atoms with Crippen LogP contribution in [0.25, 0.3) is 10.9 Å². The van der Waals surface area contributed by atoms with Crippen molar-refractivity contribution in [1.29, 1.82) is 0 Å². The van der Waals surface area contributed by atoms with Gasteiger partial charge in [-0.1, -0.05) is 12.1 Å². The van der Waals surface area contributed by atoms with E-state index in [1.165, 1.54) is 10.9 Å². The van der Waals surface area contributed by atoms with E-state index in [4.69, 9.17) is 4.74 Å². The first-order valence-corrected chi connectivity index (χ1v) is 6.82. The van der Waals surface area contributed by atoms with Crippen molar-refractivity contribution in [1.82, 2.24) is 14.8 Å². The van der Waals surface area contributed by atoms with Crippen LogP contribution in [0.2, 0.25) is 0 Å². The molecule has 0 amide bonds. The first kappa shape index (κ1) is 14.2. The number of hydrogen-bond donors (Lipinski definition) is 1. The third kappa shape index (κ3) is 2.68. The summed E-state index contributed by atoms with van der Waals surface area (Å²) in [5, 5.41) is 14.9. The number of nitrogens with zero attached hydrogens (tertiary/aromatic N) is 3. The summed E-state index contributed by atoms with van der Waals surface area (Å²) in [5.41, 5.74) is 0.937. The fourth-order valence-corrected chi connectivity index (χ4v) is 2.27. The zero-order chi connectivity index (χ0) is 15.5. The molecular weight excluding hydrogens is 282 g/mol. The highest BCUT2D eigenvalue weighted by molar-refractivity contribution is 5.75. The molecule has 0 saturated heterocycles.